The predicted molar refractivity (Wildman–Crippen MR) is 85.0 cm³/mol. The Balaban J connectivity index is 2.13. The zero-order valence-electron chi connectivity index (χ0n) is 11.9. The van der Waals surface area contributed by atoms with Gasteiger partial charge in [0, 0.05) is 0 Å². The SMILES string of the molecule is C=CC1Cc2ccccc2N1S(=O)(=O)c1ccc(C)cc1. The Bertz CT molecular complexity index is 779. The molecular formula is C17H17NO2S. The Morgan fingerprint density at radius 3 is 2.48 bits per heavy atom. The van der Waals surface area contributed by atoms with Gasteiger partial charge >= 0.3 is 0 Å². The molecule has 1 heterocycles. The summed E-state index contributed by atoms with van der Waals surface area (Å²) in [5.41, 5.74) is 2.83. The summed E-state index contributed by atoms with van der Waals surface area (Å²) in [7, 11) is -3.57. The first-order valence-corrected chi connectivity index (χ1v) is 8.29. The summed E-state index contributed by atoms with van der Waals surface area (Å²) in [4.78, 5) is 0.316. The van der Waals surface area contributed by atoms with Crippen molar-refractivity contribution in [3.63, 3.8) is 0 Å². The lowest BCUT2D eigenvalue weighted by atomic mass is 10.1. The van der Waals surface area contributed by atoms with Crippen LogP contribution in [-0.2, 0) is 16.4 Å². The van der Waals surface area contributed by atoms with Crippen molar-refractivity contribution in [1.82, 2.24) is 0 Å². The fourth-order valence-electron chi connectivity index (χ4n) is 2.70. The predicted octanol–water partition coefficient (Wildman–Crippen LogP) is 3.30. The lowest BCUT2D eigenvalue weighted by molar-refractivity contribution is 0.588. The van der Waals surface area contributed by atoms with E-state index in [2.05, 4.69) is 6.58 Å². The van der Waals surface area contributed by atoms with E-state index in [1.165, 1.54) is 4.31 Å². The third-order valence-electron chi connectivity index (χ3n) is 3.81. The highest BCUT2D eigenvalue weighted by Crippen LogP contribution is 2.36. The molecule has 0 fully saturated rings. The minimum absolute atomic E-state index is 0.228. The molecule has 0 spiro atoms. The minimum Gasteiger partial charge on any atom is -0.259 e. The Labute approximate surface area is 125 Å². The van der Waals surface area contributed by atoms with Gasteiger partial charge in [0.2, 0.25) is 0 Å². The fraction of sp³-hybridized carbons (Fsp3) is 0.176. The number of nitrogens with zero attached hydrogens (tertiary/aromatic N) is 1. The maximum atomic E-state index is 13.0. The van der Waals surface area contributed by atoms with Gasteiger partial charge in [-0.3, -0.25) is 4.31 Å². The molecule has 0 bridgehead atoms. The molecular weight excluding hydrogens is 282 g/mol. The van der Waals surface area contributed by atoms with Gasteiger partial charge in [-0.2, -0.15) is 0 Å². The van der Waals surface area contributed by atoms with Gasteiger partial charge in [-0.15, -0.1) is 6.58 Å². The quantitative estimate of drug-likeness (QED) is 0.816. The van der Waals surface area contributed by atoms with Gasteiger partial charge in [-0.1, -0.05) is 42.0 Å². The van der Waals surface area contributed by atoms with Crippen molar-refractivity contribution in [2.75, 3.05) is 4.31 Å². The molecule has 4 heteroatoms. The fourth-order valence-corrected chi connectivity index (χ4v) is 4.36. The summed E-state index contributed by atoms with van der Waals surface area (Å²) >= 11 is 0. The second kappa shape index (κ2) is 5.04. The Morgan fingerprint density at radius 2 is 1.81 bits per heavy atom. The van der Waals surface area contributed by atoms with Crippen molar-refractivity contribution >= 4 is 15.7 Å². The molecule has 1 atom stereocenters. The molecule has 0 radical (unpaired) electrons. The summed E-state index contributed by atoms with van der Waals surface area (Å²) in [5, 5.41) is 0. The number of rotatable bonds is 3. The minimum atomic E-state index is -3.57. The number of anilines is 1. The molecule has 1 unspecified atom stereocenters. The Morgan fingerprint density at radius 1 is 1.14 bits per heavy atom. The molecule has 1 aliphatic heterocycles. The van der Waals surface area contributed by atoms with E-state index in [0.717, 1.165) is 16.8 Å². The number of hydrogen-bond donors (Lipinski definition) is 0. The van der Waals surface area contributed by atoms with E-state index in [1.54, 1.807) is 18.2 Å². The lowest BCUT2D eigenvalue weighted by Gasteiger charge is -2.25. The van der Waals surface area contributed by atoms with Crippen LogP contribution in [0.15, 0.2) is 66.1 Å². The monoisotopic (exact) mass is 299 g/mol. The smallest absolute Gasteiger partial charge is 0.259 e. The van der Waals surface area contributed by atoms with Gasteiger partial charge in [-0.25, -0.2) is 8.42 Å². The summed E-state index contributed by atoms with van der Waals surface area (Å²) in [6.07, 6.45) is 2.37. The molecule has 3 rings (SSSR count). The number of aryl methyl sites for hydroxylation is 1. The van der Waals surface area contributed by atoms with Gasteiger partial charge in [-0.05, 0) is 37.1 Å². The third kappa shape index (κ3) is 2.25. The van der Waals surface area contributed by atoms with Crippen LogP contribution < -0.4 is 4.31 Å². The van der Waals surface area contributed by atoms with Gasteiger partial charge in [0.15, 0.2) is 0 Å². The molecule has 1 aliphatic rings. The van der Waals surface area contributed by atoms with Crippen molar-refractivity contribution in [3.05, 3.63) is 72.3 Å². The van der Waals surface area contributed by atoms with Crippen LogP contribution in [0.4, 0.5) is 5.69 Å². The van der Waals surface area contributed by atoms with E-state index in [9.17, 15) is 8.42 Å². The lowest BCUT2D eigenvalue weighted by Crippen LogP contribution is -2.36. The summed E-state index contributed by atoms with van der Waals surface area (Å²) in [6, 6.07) is 14.3. The Kier molecular flexibility index (Phi) is 3.33. The maximum Gasteiger partial charge on any atom is 0.264 e. The van der Waals surface area contributed by atoms with E-state index in [4.69, 9.17) is 0 Å². The number of para-hydroxylation sites is 1. The van der Waals surface area contributed by atoms with Crippen LogP contribution in [0.2, 0.25) is 0 Å². The first-order valence-electron chi connectivity index (χ1n) is 6.85. The highest BCUT2D eigenvalue weighted by Gasteiger charge is 2.36. The molecule has 2 aromatic rings. The largest absolute Gasteiger partial charge is 0.264 e. The first-order chi connectivity index (χ1) is 10.0. The van der Waals surface area contributed by atoms with Crippen LogP contribution in [0.1, 0.15) is 11.1 Å². The van der Waals surface area contributed by atoms with Crippen molar-refractivity contribution in [2.45, 2.75) is 24.3 Å². The van der Waals surface area contributed by atoms with Crippen molar-refractivity contribution in [2.24, 2.45) is 0 Å². The maximum absolute atomic E-state index is 13.0. The molecule has 0 aromatic heterocycles. The molecule has 108 valence electrons. The number of fused-ring (bicyclic) bond motifs is 1. The van der Waals surface area contributed by atoms with E-state index in [0.29, 0.717) is 11.3 Å². The topological polar surface area (TPSA) is 37.4 Å². The second-order valence-electron chi connectivity index (χ2n) is 5.25. The van der Waals surface area contributed by atoms with Crippen LogP contribution in [0.25, 0.3) is 0 Å². The van der Waals surface area contributed by atoms with Gasteiger partial charge < -0.3 is 0 Å². The molecule has 0 saturated carbocycles. The molecule has 0 amide bonds. The Hall–Kier alpha value is -2.07. The average Bonchev–Trinajstić information content (AvgIpc) is 2.87. The van der Waals surface area contributed by atoms with Crippen LogP contribution in [0, 0.1) is 6.92 Å². The standard InChI is InChI=1S/C17H17NO2S/c1-3-15-12-14-6-4-5-7-17(14)18(15)21(19,20)16-10-8-13(2)9-11-16/h3-11,15H,1,12H2,2H3. The molecule has 0 saturated heterocycles. The highest BCUT2D eigenvalue weighted by atomic mass is 32.2. The van der Waals surface area contributed by atoms with Crippen LogP contribution in [0.5, 0.6) is 0 Å². The highest BCUT2D eigenvalue weighted by molar-refractivity contribution is 7.92. The van der Waals surface area contributed by atoms with Crippen LogP contribution in [-0.4, -0.2) is 14.5 Å². The van der Waals surface area contributed by atoms with Crippen molar-refractivity contribution in [3.8, 4) is 0 Å². The van der Waals surface area contributed by atoms with Crippen molar-refractivity contribution in [1.29, 1.82) is 0 Å². The zero-order chi connectivity index (χ0) is 15.0. The first kappa shape index (κ1) is 13.9. The average molecular weight is 299 g/mol. The number of hydrogen-bond acceptors (Lipinski definition) is 2. The van der Waals surface area contributed by atoms with Gasteiger partial charge in [0.25, 0.3) is 10.0 Å². The molecule has 21 heavy (non-hydrogen) atoms. The molecule has 3 nitrogen and oxygen atoms in total. The molecule has 2 aromatic carbocycles. The summed E-state index contributed by atoms with van der Waals surface area (Å²) < 4.78 is 27.4. The van der Waals surface area contributed by atoms with E-state index in [1.807, 2.05) is 43.3 Å². The van der Waals surface area contributed by atoms with Crippen LogP contribution in [0.3, 0.4) is 0 Å². The molecule has 0 N–H and O–H groups in total. The zero-order valence-corrected chi connectivity index (χ0v) is 12.7. The third-order valence-corrected chi connectivity index (χ3v) is 5.66. The summed E-state index contributed by atoms with van der Waals surface area (Å²) in [5.74, 6) is 0. The van der Waals surface area contributed by atoms with Gasteiger partial charge in [0.05, 0.1) is 16.6 Å². The van der Waals surface area contributed by atoms with Crippen molar-refractivity contribution < 1.29 is 8.42 Å². The number of benzene rings is 2. The normalized spacial score (nSPS) is 17.6. The van der Waals surface area contributed by atoms with Gasteiger partial charge in [0.1, 0.15) is 0 Å². The number of sulfonamides is 1. The van der Waals surface area contributed by atoms with E-state index >= 15 is 0 Å². The van der Waals surface area contributed by atoms with E-state index < -0.39 is 10.0 Å². The van der Waals surface area contributed by atoms with E-state index in [-0.39, 0.29) is 6.04 Å². The van der Waals surface area contributed by atoms with Crippen LogP contribution >= 0.6 is 0 Å². The summed E-state index contributed by atoms with van der Waals surface area (Å²) in [6.45, 7) is 5.73. The molecule has 0 aliphatic carbocycles. The second-order valence-corrected chi connectivity index (χ2v) is 7.06.